The number of carbonyl (C=O) groups excluding carboxylic acids is 3. The standard InChI is InChI=1S/C21H19F2N3O4S/c1-11-17(12-6-8-13(9-7-12)30-20(22)23)25-21(31-11)24-16(27)10-26-18(28)14-4-2-3-5-15(14)19(26)29/h2-3,6-9,14-15,20H,4-5,10H2,1H3,(H,24,25,27). The molecule has 1 fully saturated rings. The highest BCUT2D eigenvalue weighted by molar-refractivity contribution is 7.16. The quantitative estimate of drug-likeness (QED) is 0.540. The molecule has 1 aromatic heterocycles. The summed E-state index contributed by atoms with van der Waals surface area (Å²) in [5.41, 5.74) is 1.27. The van der Waals surface area contributed by atoms with Gasteiger partial charge in [-0.2, -0.15) is 8.78 Å². The minimum atomic E-state index is -2.90. The van der Waals surface area contributed by atoms with Crippen molar-refractivity contribution in [3.8, 4) is 17.0 Å². The molecule has 7 nitrogen and oxygen atoms in total. The van der Waals surface area contributed by atoms with Gasteiger partial charge in [-0.3, -0.25) is 19.3 Å². The molecule has 2 unspecified atom stereocenters. The number of nitrogens with one attached hydrogen (secondary N) is 1. The van der Waals surface area contributed by atoms with E-state index in [0.717, 1.165) is 9.78 Å². The first-order chi connectivity index (χ1) is 14.8. The lowest BCUT2D eigenvalue weighted by Gasteiger charge is -2.14. The summed E-state index contributed by atoms with van der Waals surface area (Å²) in [6.45, 7) is -1.43. The van der Waals surface area contributed by atoms with Gasteiger partial charge in [-0.05, 0) is 44.0 Å². The van der Waals surface area contributed by atoms with Gasteiger partial charge in [-0.15, -0.1) is 11.3 Å². The highest BCUT2D eigenvalue weighted by atomic mass is 32.1. The summed E-state index contributed by atoms with van der Waals surface area (Å²) in [5.74, 6) is -1.84. The number of anilines is 1. The van der Waals surface area contributed by atoms with E-state index in [4.69, 9.17) is 0 Å². The van der Waals surface area contributed by atoms with Crippen molar-refractivity contribution in [2.24, 2.45) is 11.8 Å². The average molecular weight is 447 g/mol. The van der Waals surface area contributed by atoms with Crippen LogP contribution in [-0.4, -0.2) is 40.8 Å². The van der Waals surface area contributed by atoms with Crippen LogP contribution in [0, 0.1) is 18.8 Å². The van der Waals surface area contributed by atoms with Gasteiger partial charge in [0.1, 0.15) is 12.3 Å². The lowest BCUT2D eigenvalue weighted by Crippen LogP contribution is -2.38. The topological polar surface area (TPSA) is 88.6 Å². The van der Waals surface area contributed by atoms with Crippen molar-refractivity contribution in [2.45, 2.75) is 26.4 Å². The second-order valence-electron chi connectivity index (χ2n) is 7.29. The predicted octanol–water partition coefficient (Wildman–Crippen LogP) is 3.61. The van der Waals surface area contributed by atoms with Gasteiger partial charge in [-0.1, -0.05) is 12.2 Å². The number of allylic oxidation sites excluding steroid dienone is 2. The van der Waals surface area contributed by atoms with Crippen LogP contribution in [0.3, 0.4) is 0 Å². The number of imide groups is 1. The maximum Gasteiger partial charge on any atom is 0.387 e. The molecule has 2 atom stereocenters. The smallest absolute Gasteiger partial charge is 0.387 e. The Hall–Kier alpha value is -3.14. The van der Waals surface area contributed by atoms with Crippen molar-refractivity contribution in [2.75, 3.05) is 11.9 Å². The Morgan fingerprint density at radius 3 is 2.39 bits per heavy atom. The van der Waals surface area contributed by atoms with Gasteiger partial charge in [0, 0.05) is 10.4 Å². The third-order valence-corrected chi connectivity index (χ3v) is 6.18. The number of ether oxygens (including phenoxy) is 1. The average Bonchev–Trinajstić information content (AvgIpc) is 3.21. The lowest BCUT2D eigenvalue weighted by atomic mass is 9.85. The Morgan fingerprint density at radius 1 is 1.19 bits per heavy atom. The third kappa shape index (κ3) is 4.34. The van der Waals surface area contributed by atoms with E-state index in [0.29, 0.717) is 29.2 Å². The summed E-state index contributed by atoms with van der Waals surface area (Å²) in [4.78, 5) is 43.7. The Labute approximate surface area is 180 Å². The van der Waals surface area contributed by atoms with Gasteiger partial charge in [0.05, 0.1) is 17.5 Å². The molecule has 1 saturated heterocycles. The Kier molecular flexibility index (Phi) is 5.81. The van der Waals surface area contributed by atoms with Crippen LogP contribution in [-0.2, 0) is 14.4 Å². The largest absolute Gasteiger partial charge is 0.435 e. The van der Waals surface area contributed by atoms with E-state index in [1.165, 1.54) is 23.5 Å². The third-order valence-electron chi connectivity index (χ3n) is 5.30. The number of hydrogen-bond donors (Lipinski definition) is 1. The number of carbonyl (C=O) groups is 3. The van der Waals surface area contributed by atoms with Crippen LogP contribution >= 0.6 is 11.3 Å². The zero-order valence-corrected chi connectivity index (χ0v) is 17.3. The number of nitrogens with zero attached hydrogens (tertiary/aromatic N) is 2. The van der Waals surface area contributed by atoms with E-state index in [9.17, 15) is 23.2 Å². The number of alkyl halides is 2. The zero-order valence-electron chi connectivity index (χ0n) is 16.5. The molecule has 10 heteroatoms. The molecule has 0 radical (unpaired) electrons. The summed E-state index contributed by atoms with van der Waals surface area (Å²) in [7, 11) is 0. The SMILES string of the molecule is Cc1sc(NC(=O)CN2C(=O)C3CC=CCC3C2=O)nc1-c1ccc(OC(F)F)cc1. The summed E-state index contributed by atoms with van der Waals surface area (Å²) in [5, 5.41) is 2.97. The molecule has 1 N–H and O–H groups in total. The fraction of sp³-hybridized carbons (Fsp3) is 0.333. The molecule has 0 spiro atoms. The summed E-state index contributed by atoms with van der Waals surface area (Å²) < 4.78 is 28.9. The molecule has 2 heterocycles. The molecule has 1 aliphatic carbocycles. The van der Waals surface area contributed by atoms with E-state index in [1.807, 2.05) is 19.1 Å². The van der Waals surface area contributed by atoms with Crippen LogP contribution in [0.25, 0.3) is 11.3 Å². The molecule has 1 aliphatic heterocycles. The first-order valence-corrected chi connectivity index (χ1v) is 10.5. The van der Waals surface area contributed by atoms with E-state index in [2.05, 4.69) is 15.0 Å². The van der Waals surface area contributed by atoms with Crippen molar-refractivity contribution < 1.29 is 27.9 Å². The summed E-state index contributed by atoms with van der Waals surface area (Å²) in [6.07, 6.45) is 4.82. The van der Waals surface area contributed by atoms with Crippen LogP contribution in [0.1, 0.15) is 17.7 Å². The number of hydrogen-bond acceptors (Lipinski definition) is 6. The maximum absolute atomic E-state index is 12.5. The van der Waals surface area contributed by atoms with Gasteiger partial charge in [0.15, 0.2) is 5.13 Å². The molecular formula is C21H19F2N3O4S. The summed E-state index contributed by atoms with van der Waals surface area (Å²) >= 11 is 1.24. The monoisotopic (exact) mass is 447 g/mol. The number of likely N-dealkylation sites (tertiary alicyclic amines) is 1. The van der Waals surface area contributed by atoms with Crippen LogP contribution in [0.2, 0.25) is 0 Å². The normalized spacial score (nSPS) is 20.3. The number of halogens is 2. The molecule has 2 aromatic rings. The van der Waals surface area contributed by atoms with Crippen molar-refractivity contribution in [3.63, 3.8) is 0 Å². The molecule has 2 aliphatic rings. The van der Waals surface area contributed by atoms with Gasteiger partial charge in [0.25, 0.3) is 0 Å². The van der Waals surface area contributed by atoms with Gasteiger partial charge in [-0.25, -0.2) is 4.98 Å². The van der Waals surface area contributed by atoms with Gasteiger partial charge in [0.2, 0.25) is 17.7 Å². The Bertz CT molecular complexity index is 1030. The van der Waals surface area contributed by atoms with Crippen LogP contribution in [0.15, 0.2) is 36.4 Å². The van der Waals surface area contributed by atoms with Crippen LogP contribution in [0.4, 0.5) is 13.9 Å². The highest BCUT2D eigenvalue weighted by Crippen LogP contribution is 2.35. The molecule has 31 heavy (non-hydrogen) atoms. The van der Waals surface area contributed by atoms with Crippen LogP contribution in [0.5, 0.6) is 5.75 Å². The first-order valence-electron chi connectivity index (χ1n) is 9.66. The molecular weight excluding hydrogens is 428 g/mol. The van der Waals surface area contributed by atoms with Crippen molar-refractivity contribution in [1.29, 1.82) is 0 Å². The number of fused-ring (bicyclic) bond motifs is 1. The van der Waals surface area contributed by atoms with E-state index in [1.54, 1.807) is 12.1 Å². The second-order valence-corrected chi connectivity index (χ2v) is 8.50. The number of benzene rings is 1. The number of aryl methyl sites for hydroxylation is 1. The minimum Gasteiger partial charge on any atom is -0.435 e. The van der Waals surface area contributed by atoms with Gasteiger partial charge < -0.3 is 10.1 Å². The fourth-order valence-corrected chi connectivity index (χ4v) is 4.69. The van der Waals surface area contributed by atoms with Crippen LogP contribution < -0.4 is 10.1 Å². The van der Waals surface area contributed by atoms with E-state index in [-0.39, 0.29) is 35.9 Å². The van der Waals surface area contributed by atoms with E-state index >= 15 is 0 Å². The van der Waals surface area contributed by atoms with Crippen molar-refractivity contribution in [1.82, 2.24) is 9.88 Å². The number of rotatable bonds is 6. The van der Waals surface area contributed by atoms with E-state index < -0.39 is 12.5 Å². The number of thiazole rings is 1. The van der Waals surface area contributed by atoms with Crippen molar-refractivity contribution >= 4 is 34.2 Å². The van der Waals surface area contributed by atoms with Gasteiger partial charge >= 0.3 is 6.61 Å². The number of aromatic nitrogens is 1. The second kappa shape index (κ2) is 8.54. The highest BCUT2D eigenvalue weighted by Gasteiger charge is 2.47. The maximum atomic E-state index is 12.5. The number of amides is 3. The molecule has 3 amide bonds. The molecule has 1 aromatic carbocycles. The molecule has 0 saturated carbocycles. The minimum absolute atomic E-state index is 0.0378. The summed E-state index contributed by atoms with van der Waals surface area (Å²) in [6, 6.07) is 6.03. The first kappa shape index (κ1) is 21.1. The zero-order chi connectivity index (χ0) is 22.1. The lowest BCUT2D eigenvalue weighted by molar-refractivity contribution is -0.142. The molecule has 162 valence electrons. The molecule has 4 rings (SSSR count). The van der Waals surface area contributed by atoms with Crippen molar-refractivity contribution in [3.05, 3.63) is 41.3 Å². The Morgan fingerprint density at radius 2 is 1.81 bits per heavy atom. The molecule has 0 bridgehead atoms. The predicted molar refractivity (Wildman–Crippen MR) is 110 cm³/mol. The Balaban J connectivity index is 1.42. The fourth-order valence-electron chi connectivity index (χ4n) is 3.84.